The molecule has 1 atom stereocenters. The van der Waals surface area contributed by atoms with Crippen molar-refractivity contribution in [2.75, 3.05) is 59.5 Å². The van der Waals surface area contributed by atoms with E-state index < -0.39 is 50.4 Å². The van der Waals surface area contributed by atoms with Gasteiger partial charge in [0.1, 0.15) is 11.8 Å². The van der Waals surface area contributed by atoms with Crippen LogP contribution >= 0.6 is 0 Å². The fourth-order valence-corrected chi connectivity index (χ4v) is 5.95. The fraction of sp³-hybridized carbons (Fsp3) is 0.441. The van der Waals surface area contributed by atoms with Crippen molar-refractivity contribution in [2.45, 2.75) is 38.7 Å². The molecule has 3 amide bonds. The summed E-state index contributed by atoms with van der Waals surface area (Å²) in [6.07, 6.45) is 1.48. The first-order valence-corrected chi connectivity index (χ1v) is 16.3. The Morgan fingerprint density at radius 1 is 1.12 bits per heavy atom. The van der Waals surface area contributed by atoms with Crippen molar-refractivity contribution in [1.29, 1.82) is 5.26 Å². The lowest BCUT2D eigenvalue weighted by Gasteiger charge is -2.42. The third kappa shape index (κ3) is 9.29. The molecule has 0 spiro atoms. The van der Waals surface area contributed by atoms with Crippen LogP contribution in [-0.2, 0) is 4.79 Å². The zero-order valence-corrected chi connectivity index (χ0v) is 27.9. The Morgan fingerprint density at radius 2 is 1.82 bits per heavy atom. The number of benzene rings is 2. The second-order valence-corrected chi connectivity index (χ2v) is 12.2. The van der Waals surface area contributed by atoms with Crippen LogP contribution in [-0.4, -0.2) is 126 Å². The molecule has 2 fully saturated rings. The Labute approximate surface area is 284 Å². The van der Waals surface area contributed by atoms with Gasteiger partial charge in [-0.25, -0.2) is 8.78 Å². The number of carbonyl (C=O) groups is 3. The number of pyridine rings is 1. The summed E-state index contributed by atoms with van der Waals surface area (Å²) in [7, 11) is 0.567. The second-order valence-electron chi connectivity index (χ2n) is 12.2. The first-order valence-electron chi connectivity index (χ1n) is 16.3. The second kappa shape index (κ2) is 16.2. The molecular weight excluding hydrogens is 637 g/mol. The maximum absolute atomic E-state index is 13.7. The number of quaternary nitrogens is 1. The lowest BCUT2D eigenvalue weighted by atomic mass is 9.80. The lowest BCUT2D eigenvalue weighted by Crippen LogP contribution is -2.58. The number of likely N-dealkylation sites (N-methyl/N-ethyl adjacent to an activating group) is 1. The number of carbonyl (C=O) groups excluding carboxylic acids is 3. The highest BCUT2D eigenvalue weighted by Crippen LogP contribution is 2.31. The van der Waals surface area contributed by atoms with Gasteiger partial charge in [-0.3, -0.25) is 19.4 Å². The van der Waals surface area contributed by atoms with E-state index in [2.05, 4.69) is 17.3 Å². The number of piperazine rings is 1. The Hall–Kier alpha value is -4.65. The molecule has 3 N–H and O–H groups in total. The lowest BCUT2D eigenvalue weighted by molar-refractivity contribution is -0.913. The average molecular weight is 680 g/mol. The van der Waals surface area contributed by atoms with Gasteiger partial charge in [0.25, 0.3) is 17.7 Å². The number of nitrogens with zero attached hydrogens (tertiary/aromatic N) is 5. The average Bonchev–Trinajstić information content (AvgIpc) is 3.44. The van der Waals surface area contributed by atoms with Gasteiger partial charge in [0, 0.05) is 30.0 Å². The van der Waals surface area contributed by atoms with Gasteiger partial charge >= 0.3 is 7.12 Å². The molecule has 5 rings (SSSR count). The van der Waals surface area contributed by atoms with Crippen molar-refractivity contribution >= 4 is 41.2 Å². The number of rotatable bonds is 10. The van der Waals surface area contributed by atoms with E-state index in [0.717, 1.165) is 35.4 Å². The van der Waals surface area contributed by atoms with Crippen molar-refractivity contribution in [1.82, 2.24) is 20.1 Å². The van der Waals surface area contributed by atoms with Crippen LogP contribution < -0.4 is 15.5 Å². The van der Waals surface area contributed by atoms with E-state index in [-0.39, 0.29) is 11.5 Å². The van der Waals surface area contributed by atoms with Gasteiger partial charge in [0.05, 0.1) is 76.6 Å². The topological polar surface area (TPSA) is 156 Å². The van der Waals surface area contributed by atoms with Crippen LogP contribution in [0.25, 0.3) is 10.9 Å². The van der Waals surface area contributed by atoms with Gasteiger partial charge in [-0.05, 0) is 41.9 Å². The van der Waals surface area contributed by atoms with E-state index in [1.54, 1.807) is 36.4 Å². The van der Waals surface area contributed by atoms with Gasteiger partial charge in [-0.1, -0.05) is 26.0 Å². The van der Waals surface area contributed by atoms with Crippen LogP contribution in [0.3, 0.4) is 0 Å². The summed E-state index contributed by atoms with van der Waals surface area (Å²) in [4.78, 5) is 45.4. The maximum Gasteiger partial charge on any atom is 0.488 e. The molecule has 3 heterocycles. The molecule has 0 saturated carbocycles. The van der Waals surface area contributed by atoms with Gasteiger partial charge < -0.3 is 34.4 Å². The van der Waals surface area contributed by atoms with Gasteiger partial charge in [0.2, 0.25) is 5.91 Å². The predicted octanol–water partition coefficient (Wildman–Crippen LogP) is 1.80. The van der Waals surface area contributed by atoms with Crippen molar-refractivity contribution in [2.24, 2.45) is 0 Å². The molecule has 3 aromatic rings. The number of ether oxygens (including phenoxy) is 1. The number of hydrogen-bond acceptors (Lipinski definition) is 8. The third-order valence-electron chi connectivity index (χ3n) is 8.77. The van der Waals surface area contributed by atoms with Gasteiger partial charge in [-0.2, -0.15) is 5.26 Å². The molecule has 0 bridgehead atoms. The van der Waals surface area contributed by atoms with E-state index >= 15 is 0 Å². The SMILES string of the molecule is CC.C[N+]1(CCCOc2ccc3nccc(C(=O)NCC(=O)N4CC(F)(F)CC4C#N)c3c2)CCN(C(=O)c2ccc(B(O)O)cc2)CC1. The van der Waals surface area contributed by atoms with E-state index in [4.69, 9.17) is 10.00 Å². The molecule has 2 saturated heterocycles. The molecule has 2 aliphatic rings. The summed E-state index contributed by atoms with van der Waals surface area (Å²) < 4.78 is 34.3. The molecule has 2 aliphatic heterocycles. The minimum atomic E-state index is -3.14. The first kappa shape index (κ1) is 37.2. The predicted molar refractivity (Wildman–Crippen MR) is 179 cm³/mol. The highest BCUT2D eigenvalue weighted by atomic mass is 19.3. The van der Waals surface area contributed by atoms with Crippen LogP contribution in [0, 0.1) is 11.3 Å². The summed E-state index contributed by atoms with van der Waals surface area (Å²) in [6.45, 7) is 6.61. The van der Waals surface area contributed by atoms with Crippen molar-refractivity contribution in [3.05, 3.63) is 65.9 Å². The Kier molecular flexibility index (Phi) is 12.3. The number of aromatic nitrogens is 1. The summed E-state index contributed by atoms with van der Waals surface area (Å²) >= 11 is 0. The number of halogens is 2. The van der Waals surface area contributed by atoms with Crippen LogP contribution in [0.4, 0.5) is 8.78 Å². The van der Waals surface area contributed by atoms with E-state index in [9.17, 15) is 33.2 Å². The third-order valence-corrected chi connectivity index (χ3v) is 8.77. The summed E-state index contributed by atoms with van der Waals surface area (Å²) in [5.74, 6) is -4.05. The van der Waals surface area contributed by atoms with Crippen molar-refractivity contribution in [3.63, 3.8) is 0 Å². The number of nitrogens with one attached hydrogen (secondary N) is 1. The molecule has 2 aromatic carbocycles. The number of likely N-dealkylation sites (tertiary alicyclic amines) is 1. The molecule has 1 aromatic heterocycles. The standard InChI is InChI=1S/C32H35BF2N6O6.C2H6/c1-41(14-11-39(12-15-41)31(44)22-3-5-23(6-4-22)33(45)46)13-2-16-47-25-7-8-28-27(17-25)26(9-10-37-28)30(43)38-20-29(42)40-21-32(34,35)18-24(40)19-36;1-2/h3-10,17,24,45-46H,2,11-16,18,20-21H2,1H3;1-2H3/p+1. The Balaban J connectivity index is 0.00000265. The van der Waals surface area contributed by atoms with Gasteiger partial charge in [-0.15, -0.1) is 0 Å². The maximum atomic E-state index is 13.7. The van der Waals surface area contributed by atoms with Crippen LogP contribution in [0.5, 0.6) is 5.75 Å². The molecule has 12 nitrogen and oxygen atoms in total. The van der Waals surface area contributed by atoms with Crippen LogP contribution in [0.15, 0.2) is 54.7 Å². The zero-order valence-electron chi connectivity index (χ0n) is 27.9. The summed E-state index contributed by atoms with van der Waals surface area (Å²) in [5, 5.41) is 30.7. The first-order chi connectivity index (χ1) is 23.4. The molecule has 15 heteroatoms. The van der Waals surface area contributed by atoms with Crippen molar-refractivity contribution < 1.29 is 42.4 Å². The fourth-order valence-electron chi connectivity index (χ4n) is 5.95. The molecule has 0 aliphatic carbocycles. The Morgan fingerprint density at radius 3 is 2.47 bits per heavy atom. The number of fused-ring (bicyclic) bond motifs is 1. The number of amides is 3. The highest BCUT2D eigenvalue weighted by Gasteiger charge is 2.47. The number of hydrogen-bond donors (Lipinski definition) is 3. The van der Waals surface area contributed by atoms with Crippen LogP contribution in [0.2, 0.25) is 0 Å². The minimum Gasteiger partial charge on any atom is -0.493 e. The summed E-state index contributed by atoms with van der Waals surface area (Å²) in [5.41, 5.74) is 1.60. The summed E-state index contributed by atoms with van der Waals surface area (Å²) in [6, 6.07) is 13.4. The molecule has 49 heavy (non-hydrogen) atoms. The normalized spacial score (nSPS) is 17.8. The number of nitriles is 1. The monoisotopic (exact) mass is 679 g/mol. The Bertz CT molecular complexity index is 1680. The quantitative estimate of drug-likeness (QED) is 0.167. The van der Waals surface area contributed by atoms with E-state index in [1.165, 1.54) is 24.4 Å². The largest absolute Gasteiger partial charge is 0.493 e. The molecule has 1 unspecified atom stereocenters. The minimum absolute atomic E-state index is 0.0899. The molecule has 260 valence electrons. The molecule has 0 radical (unpaired) electrons. The smallest absolute Gasteiger partial charge is 0.488 e. The highest BCUT2D eigenvalue weighted by molar-refractivity contribution is 6.58. The van der Waals surface area contributed by atoms with Crippen LogP contribution in [0.1, 0.15) is 47.4 Å². The number of alkyl halides is 2. The van der Waals surface area contributed by atoms with Gasteiger partial charge in [0.15, 0.2) is 0 Å². The van der Waals surface area contributed by atoms with E-state index in [0.29, 0.717) is 47.4 Å². The van der Waals surface area contributed by atoms with E-state index in [1.807, 2.05) is 18.7 Å². The molecular formula is C34H42BF2N6O6+. The zero-order chi connectivity index (χ0) is 35.8. The van der Waals surface area contributed by atoms with Crippen molar-refractivity contribution in [3.8, 4) is 11.8 Å².